The van der Waals surface area contributed by atoms with E-state index in [1.54, 1.807) is 19.2 Å². The quantitative estimate of drug-likeness (QED) is 0.850. The zero-order chi connectivity index (χ0) is 19.5. The fourth-order valence-corrected chi connectivity index (χ4v) is 3.46. The highest BCUT2D eigenvalue weighted by atomic mass is 19.1. The molecule has 8 heteroatoms. The molecule has 1 fully saturated rings. The van der Waals surface area contributed by atoms with E-state index in [0.29, 0.717) is 5.69 Å². The van der Waals surface area contributed by atoms with E-state index in [-0.39, 0.29) is 11.8 Å². The number of rotatable bonds is 4. The number of benzene rings is 2. The van der Waals surface area contributed by atoms with Crippen LogP contribution < -0.4 is 20.7 Å². The van der Waals surface area contributed by atoms with E-state index in [1.165, 1.54) is 12.1 Å². The molecule has 7 nitrogen and oxygen atoms in total. The first-order valence-electron chi connectivity index (χ1n) is 9.26. The molecular formula is C20H23FN6O. The number of anilines is 2. The second-order valence-corrected chi connectivity index (χ2v) is 6.69. The molecule has 3 N–H and O–H groups in total. The summed E-state index contributed by atoms with van der Waals surface area (Å²) in [5.74, 6) is 1.33. The van der Waals surface area contributed by atoms with Gasteiger partial charge in [0.1, 0.15) is 11.6 Å². The highest BCUT2D eigenvalue weighted by Crippen LogP contribution is 2.28. The number of hydrogen-bond acceptors (Lipinski definition) is 7. The van der Waals surface area contributed by atoms with Crippen molar-refractivity contribution in [2.24, 2.45) is 15.7 Å². The molecule has 0 spiro atoms. The Morgan fingerprint density at radius 3 is 2.68 bits per heavy atom. The van der Waals surface area contributed by atoms with Crippen LogP contribution in [0.1, 0.15) is 12.8 Å². The van der Waals surface area contributed by atoms with E-state index < -0.39 is 6.29 Å². The van der Waals surface area contributed by atoms with Crippen LogP contribution >= 0.6 is 0 Å². The van der Waals surface area contributed by atoms with Gasteiger partial charge in [-0.2, -0.15) is 4.99 Å². The maximum absolute atomic E-state index is 13.7. The monoisotopic (exact) mass is 382 g/mol. The van der Waals surface area contributed by atoms with Crippen LogP contribution in [-0.4, -0.2) is 43.3 Å². The molecule has 0 aromatic heterocycles. The molecule has 0 aliphatic carbocycles. The van der Waals surface area contributed by atoms with Crippen molar-refractivity contribution >= 4 is 23.3 Å². The summed E-state index contributed by atoms with van der Waals surface area (Å²) >= 11 is 0. The zero-order valence-electron chi connectivity index (χ0n) is 15.7. The second kappa shape index (κ2) is 7.75. The number of guanidine groups is 2. The third-order valence-electron chi connectivity index (χ3n) is 4.77. The summed E-state index contributed by atoms with van der Waals surface area (Å²) in [6.07, 6.45) is 1.63. The van der Waals surface area contributed by atoms with Gasteiger partial charge in [0.05, 0.1) is 12.8 Å². The minimum absolute atomic E-state index is 0.190. The Morgan fingerprint density at radius 1 is 1.14 bits per heavy atom. The number of ether oxygens (including phenoxy) is 1. The summed E-state index contributed by atoms with van der Waals surface area (Å²) in [6, 6.07) is 14.0. The summed E-state index contributed by atoms with van der Waals surface area (Å²) in [5, 5.41) is 3.26. The number of methoxy groups -OCH3 is 1. The summed E-state index contributed by atoms with van der Waals surface area (Å²) in [6.45, 7) is 1.80. The van der Waals surface area contributed by atoms with Gasteiger partial charge in [-0.05, 0) is 43.2 Å². The number of hydrogen-bond donors (Lipinski definition) is 2. The molecule has 2 aliphatic heterocycles. The Kier molecular flexibility index (Phi) is 5.01. The zero-order valence-corrected chi connectivity index (χ0v) is 15.7. The highest BCUT2D eigenvalue weighted by Gasteiger charge is 2.32. The molecule has 0 amide bonds. The van der Waals surface area contributed by atoms with Gasteiger partial charge in [-0.1, -0.05) is 12.1 Å². The van der Waals surface area contributed by atoms with Crippen molar-refractivity contribution in [2.45, 2.75) is 19.1 Å². The predicted octanol–water partition coefficient (Wildman–Crippen LogP) is 2.82. The maximum Gasteiger partial charge on any atom is 0.222 e. The van der Waals surface area contributed by atoms with Crippen molar-refractivity contribution in [3.05, 3.63) is 54.3 Å². The van der Waals surface area contributed by atoms with Crippen LogP contribution in [0.5, 0.6) is 5.75 Å². The SMILES string of the molecule is COc1cccc(N2C(N3CCCC3)=NC(N)=NC2Nc2cccc(F)c2)c1. The fourth-order valence-electron chi connectivity index (χ4n) is 3.46. The van der Waals surface area contributed by atoms with Gasteiger partial charge in [-0.25, -0.2) is 9.38 Å². The summed E-state index contributed by atoms with van der Waals surface area (Å²) < 4.78 is 19.1. The Hall–Kier alpha value is -3.29. The molecule has 4 rings (SSSR count). The molecule has 1 atom stereocenters. The van der Waals surface area contributed by atoms with Crippen LogP contribution in [0, 0.1) is 5.82 Å². The van der Waals surface area contributed by atoms with E-state index >= 15 is 0 Å². The van der Waals surface area contributed by atoms with Gasteiger partial charge in [-0.15, -0.1) is 0 Å². The van der Waals surface area contributed by atoms with Crippen molar-refractivity contribution in [1.29, 1.82) is 0 Å². The summed E-state index contributed by atoms with van der Waals surface area (Å²) in [7, 11) is 1.63. The largest absolute Gasteiger partial charge is 0.497 e. The van der Waals surface area contributed by atoms with Crippen molar-refractivity contribution < 1.29 is 9.13 Å². The Balaban J connectivity index is 1.74. The van der Waals surface area contributed by atoms with E-state index in [4.69, 9.17) is 10.5 Å². The second-order valence-electron chi connectivity index (χ2n) is 6.69. The van der Waals surface area contributed by atoms with Crippen molar-refractivity contribution in [1.82, 2.24) is 4.90 Å². The molecular weight excluding hydrogens is 359 g/mol. The lowest BCUT2D eigenvalue weighted by Gasteiger charge is -2.38. The molecule has 2 aromatic carbocycles. The van der Waals surface area contributed by atoms with Crippen LogP contribution in [0.25, 0.3) is 0 Å². The summed E-state index contributed by atoms with van der Waals surface area (Å²) in [4.78, 5) is 13.2. The van der Waals surface area contributed by atoms with Crippen molar-refractivity contribution in [3.63, 3.8) is 0 Å². The number of halogens is 1. The molecule has 1 unspecified atom stereocenters. The molecule has 2 aromatic rings. The average Bonchev–Trinajstić information content (AvgIpc) is 3.22. The van der Waals surface area contributed by atoms with E-state index in [1.807, 2.05) is 29.2 Å². The Bertz CT molecular complexity index is 909. The first-order valence-corrected chi connectivity index (χ1v) is 9.26. The fraction of sp³-hybridized carbons (Fsp3) is 0.300. The lowest BCUT2D eigenvalue weighted by molar-refractivity contribution is 0.414. The molecule has 2 aliphatic rings. The highest BCUT2D eigenvalue weighted by molar-refractivity contribution is 6.06. The van der Waals surface area contributed by atoms with Crippen LogP contribution in [0.4, 0.5) is 15.8 Å². The number of likely N-dealkylation sites (tertiary alicyclic amines) is 1. The van der Waals surface area contributed by atoms with Crippen LogP contribution in [-0.2, 0) is 0 Å². The third kappa shape index (κ3) is 3.71. The minimum Gasteiger partial charge on any atom is -0.497 e. The van der Waals surface area contributed by atoms with E-state index in [9.17, 15) is 4.39 Å². The van der Waals surface area contributed by atoms with Gasteiger partial charge in [0.15, 0.2) is 0 Å². The van der Waals surface area contributed by atoms with Crippen LogP contribution in [0.15, 0.2) is 58.5 Å². The Morgan fingerprint density at radius 2 is 1.93 bits per heavy atom. The van der Waals surface area contributed by atoms with E-state index in [0.717, 1.165) is 43.3 Å². The van der Waals surface area contributed by atoms with Gasteiger partial charge < -0.3 is 20.7 Å². The number of nitrogens with two attached hydrogens (primary N) is 1. The van der Waals surface area contributed by atoms with Gasteiger partial charge >= 0.3 is 0 Å². The summed E-state index contributed by atoms with van der Waals surface area (Å²) in [5.41, 5.74) is 7.50. The normalized spacial score (nSPS) is 19.3. The number of nitrogens with zero attached hydrogens (tertiary/aromatic N) is 4. The van der Waals surface area contributed by atoms with Crippen LogP contribution in [0.2, 0.25) is 0 Å². The molecule has 28 heavy (non-hydrogen) atoms. The molecule has 0 saturated carbocycles. The molecule has 146 valence electrons. The van der Waals surface area contributed by atoms with Gasteiger partial charge in [0.25, 0.3) is 0 Å². The molecule has 1 saturated heterocycles. The smallest absolute Gasteiger partial charge is 0.222 e. The molecule has 0 bridgehead atoms. The lowest BCUT2D eigenvalue weighted by Crippen LogP contribution is -2.54. The van der Waals surface area contributed by atoms with Gasteiger partial charge in [-0.3, -0.25) is 4.90 Å². The topological polar surface area (TPSA) is 78.5 Å². The predicted molar refractivity (Wildman–Crippen MR) is 109 cm³/mol. The minimum atomic E-state index is -0.568. The maximum atomic E-state index is 13.7. The average molecular weight is 382 g/mol. The molecule has 0 radical (unpaired) electrons. The number of aliphatic imine (C=N–C) groups is 2. The van der Waals surface area contributed by atoms with Crippen molar-refractivity contribution in [3.8, 4) is 5.75 Å². The molecule has 2 heterocycles. The first-order chi connectivity index (χ1) is 13.6. The lowest BCUT2D eigenvalue weighted by atomic mass is 10.2. The Labute approximate surface area is 163 Å². The third-order valence-corrected chi connectivity index (χ3v) is 4.77. The first kappa shape index (κ1) is 18.1. The number of nitrogens with one attached hydrogen (secondary N) is 1. The van der Waals surface area contributed by atoms with Crippen molar-refractivity contribution in [2.75, 3.05) is 30.4 Å². The standard InChI is InChI=1S/C20H23FN6O/c1-28-17-9-5-8-16(13-17)27-19(23-15-7-4-6-14(21)12-15)24-18(22)25-20(27)26-10-2-3-11-26/h4-9,12-13,19,23H,2-3,10-11H2,1H3,(H2,22,24). The van der Waals surface area contributed by atoms with Gasteiger partial charge in [0, 0.05) is 24.8 Å². The van der Waals surface area contributed by atoms with Gasteiger partial charge in [0.2, 0.25) is 18.2 Å². The van der Waals surface area contributed by atoms with Crippen LogP contribution in [0.3, 0.4) is 0 Å². The van der Waals surface area contributed by atoms with E-state index in [2.05, 4.69) is 20.2 Å².